The molecule has 2 heterocycles. The standard InChI is InChI=1S/C17H22BrN3O4/c1-17(2,3)25-16(24)21-8-4-5-13(21)15(23)20-10-14(22)12-7-6-11(18)9-19-12/h6-7,9,13H,4-5,8,10H2,1-3H3,(H,20,23)/t13-/m0/s1. The molecule has 2 amide bonds. The van der Waals surface area contributed by atoms with E-state index >= 15 is 0 Å². The van der Waals surface area contributed by atoms with E-state index < -0.39 is 17.7 Å². The molecule has 25 heavy (non-hydrogen) atoms. The largest absolute Gasteiger partial charge is 0.444 e. The number of nitrogens with zero attached hydrogens (tertiary/aromatic N) is 2. The van der Waals surface area contributed by atoms with Crippen LogP contribution in [-0.4, -0.2) is 52.4 Å². The number of ether oxygens (including phenoxy) is 1. The van der Waals surface area contributed by atoms with Crippen molar-refractivity contribution in [2.45, 2.75) is 45.3 Å². The molecule has 1 fully saturated rings. The summed E-state index contributed by atoms with van der Waals surface area (Å²) in [5, 5.41) is 2.60. The molecule has 1 aliphatic heterocycles. The third-order valence-corrected chi connectivity index (χ3v) is 4.09. The number of nitrogens with one attached hydrogen (secondary N) is 1. The lowest BCUT2D eigenvalue weighted by Gasteiger charge is -2.27. The first-order valence-electron chi connectivity index (χ1n) is 8.09. The molecule has 1 aromatic rings. The summed E-state index contributed by atoms with van der Waals surface area (Å²) in [6, 6.07) is 2.69. The van der Waals surface area contributed by atoms with Crippen LogP contribution in [0.1, 0.15) is 44.1 Å². The molecule has 0 saturated carbocycles. The molecule has 7 nitrogen and oxygen atoms in total. The van der Waals surface area contributed by atoms with E-state index in [1.807, 2.05) is 0 Å². The second-order valence-electron chi connectivity index (χ2n) is 6.83. The van der Waals surface area contributed by atoms with Gasteiger partial charge in [0, 0.05) is 17.2 Å². The third kappa shape index (κ3) is 5.52. The van der Waals surface area contributed by atoms with Gasteiger partial charge in [0.25, 0.3) is 0 Å². The van der Waals surface area contributed by atoms with E-state index in [2.05, 4.69) is 26.2 Å². The fraction of sp³-hybridized carbons (Fsp3) is 0.529. The monoisotopic (exact) mass is 411 g/mol. The van der Waals surface area contributed by atoms with Gasteiger partial charge >= 0.3 is 6.09 Å². The Kier molecular flexibility index (Phi) is 6.16. The predicted molar refractivity (Wildman–Crippen MR) is 95.2 cm³/mol. The molecule has 0 radical (unpaired) electrons. The van der Waals surface area contributed by atoms with Gasteiger partial charge < -0.3 is 10.1 Å². The van der Waals surface area contributed by atoms with Gasteiger partial charge in [0.1, 0.15) is 17.3 Å². The third-order valence-electron chi connectivity index (χ3n) is 3.62. The van der Waals surface area contributed by atoms with E-state index in [1.165, 1.54) is 11.1 Å². The molecular weight excluding hydrogens is 390 g/mol. The Hall–Kier alpha value is -1.96. The zero-order valence-corrected chi connectivity index (χ0v) is 16.1. The lowest BCUT2D eigenvalue weighted by atomic mass is 10.2. The van der Waals surface area contributed by atoms with Gasteiger partial charge in [-0.2, -0.15) is 0 Å². The summed E-state index contributed by atoms with van der Waals surface area (Å²) in [7, 11) is 0. The Bertz CT molecular complexity index is 655. The molecule has 0 aliphatic carbocycles. The zero-order valence-electron chi connectivity index (χ0n) is 14.5. The van der Waals surface area contributed by atoms with Crippen molar-refractivity contribution in [3.8, 4) is 0 Å². The first-order chi connectivity index (χ1) is 11.7. The van der Waals surface area contributed by atoms with Crippen LogP contribution >= 0.6 is 15.9 Å². The minimum atomic E-state index is -0.621. The topological polar surface area (TPSA) is 88.6 Å². The van der Waals surface area contributed by atoms with Gasteiger partial charge in [-0.3, -0.25) is 19.5 Å². The van der Waals surface area contributed by atoms with Crippen molar-refractivity contribution in [3.63, 3.8) is 0 Å². The quantitative estimate of drug-likeness (QED) is 0.768. The van der Waals surface area contributed by atoms with Crippen LogP contribution < -0.4 is 5.32 Å². The number of aromatic nitrogens is 1. The maximum absolute atomic E-state index is 12.4. The molecule has 1 aromatic heterocycles. The smallest absolute Gasteiger partial charge is 0.410 e. The Balaban J connectivity index is 1.92. The molecule has 1 aliphatic rings. The van der Waals surface area contributed by atoms with Crippen LogP contribution in [0.15, 0.2) is 22.8 Å². The predicted octanol–water partition coefficient (Wildman–Crippen LogP) is 2.54. The Labute approximate surface area is 155 Å². The molecule has 136 valence electrons. The van der Waals surface area contributed by atoms with Gasteiger partial charge in [0.05, 0.1) is 6.54 Å². The van der Waals surface area contributed by atoms with Crippen molar-refractivity contribution in [2.75, 3.05) is 13.1 Å². The normalized spacial score (nSPS) is 17.3. The van der Waals surface area contributed by atoms with E-state index in [4.69, 9.17) is 4.74 Å². The zero-order chi connectivity index (χ0) is 18.6. The van der Waals surface area contributed by atoms with E-state index in [9.17, 15) is 14.4 Å². The number of carbonyl (C=O) groups is 3. The highest BCUT2D eigenvalue weighted by atomic mass is 79.9. The molecule has 0 unspecified atom stereocenters. The number of hydrogen-bond donors (Lipinski definition) is 1. The van der Waals surface area contributed by atoms with Crippen LogP contribution in [0.25, 0.3) is 0 Å². The van der Waals surface area contributed by atoms with E-state index in [0.717, 1.165) is 10.9 Å². The highest BCUT2D eigenvalue weighted by molar-refractivity contribution is 9.10. The Morgan fingerprint density at radius 3 is 2.68 bits per heavy atom. The van der Waals surface area contributed by atoms with Crippen LogP contribution in [0.5, 0.6) is 0 Å². The van der Waals surface area contributed by atoms with Crippen LogP contribution in [0.4, 0.5) is 4.79 Å². The highest BCUT2D eigenvalue weighted by Gasteiger charge is 2.36. The molecular formula is C17H22BrN3O4. The number of pyridine rings is 1. The van der Waals surface area contributed by atoms with Gasteiger partial charge in [-0.05, 0) is 61.7 Å². The second kappa shape index (κ2) is 7.95. The maximum atomic E-state index is 12.4. The molecule has 0 bridgehead atoms. The summed E-state index contributed by atoms with van der Waals surface area (Å²) >= 11 is 3.25. The first kappa shape index (κ1) is 19.4. The van der Waals surface area contributed by atoms with Gasteiger partial charge in [-0.15, -0.1) is 0 Å². The first-order valence-corrected chi connectivity index (χ1v) is 8.89. The molecule has 8 heteroatoms. The van der Waals surface area contributed by atoms with E-state index in [1.54, 1.807) is 32.9 Å². The Morgan fingerprint density at radius 2 is 2.08 bits per heavy atom. The maximum Gasteiger partial charge on any atom is 0.410 e. The van der Waals surface area contributed by atoms with Gasteiger partial charge in [0.15, 0.2) is 5.78 Å². The van der Waals surface area contributed by atoms with E-state index in [0.29, 0.717) is 13.0 Å². The average molecular weight is 412 g/mol. The summed E-state index contributed by atoms with van der Waals surface area (Å²) < 4.78 is 6.10. The minimum Gasteiger partial charge on any atom is -0.444 e. The number of likely N-dealkylation sites (tertiary alicyclic amines) is 1. The summed E-state index contributed by atoms with van der Waals surface area (Å²) in [5.41, 5.74) is -0.344. The fourth-order valence-corrected chi connectivity index (χ4v) is 2.73. The van der Waals surface area contributed by atoms with E-state index in [-0.39, 0.29) is 23.9 Å². The van der Waals surface area contributed by atoms with Crippen molar-refractivity contribution in [3.05, 3.63) is 28.5 Å². The number of ketones is 1. The second-order valence-corrected chi connectivity index (χ2v) is 7.75. The van der Waals surface area contributed by atoms with Crippen LogP contribution in [0.3, 0.4) is 0 Å². The van der Waals surface area contributed by atoms with Crippen LogP contribution in [0, 0.1) is 0 Å². The van der Waals surface area contributed by atoms with Crippen LogP contribution in [0.2, 0.25) is 0 Å². The molecule has 1 atom stereocenters. The number of Topliss-reactive ketones (excluding diaryl/α,β-unsaturated/α-hetero) is 1. The SMILES string of the molecule is CC(C)(C)OC(=O)N1CCC[C@H]1C(=O)NCC(=O)c1ccc(Br)cn1. The molecule has 1 saturated heterocycles. The summed E-state index contributed by atoms with van der Waals surface area (Å²) in [6.45, 7) is 5.64. The van der Waals surface area contributed by atoms with Crippen molar-refractivity contribution < 1.29 is 19.1 Å². The lowest BCUT2D eigenvalue weighted by molar-refractivity contribution is -0.125. The summed E-state index contributed by atoms with van der Waals surface area (Å²) in [6.07, 6.45) is 2.29. The number of halogens is 1. The van der Waals surface area contributed by atoms with Gasteiger partial charge in [0.2, 0.25) is 5.91 Å². The number of carbonyl (C=O) groups excluding carboxylic acids is 3. The number of hydrogen-bond acceptors (Lipinski definition) is 5. The Morgan fingerprint density at radius 1 is 1.36 bits per heavy atom. The molecule has 1 N–H and O–H groups in total. The van der Waals surface area contributed by atoms with Gasteiger partial charge in [-0.25, -0.2) is 4.79 Å². The van der Waals surface area contributed by atoms with Crippen molar-refractivity contribution in [2.24, 2.45) is 0 Å². The van der Waals surface area contributed by atoms with Crippen molar-refractivity contribution in [1.29, 1.82) is 0 Å². The van der Waals surface area contributed by atoms with Crippen molar-refractivity contribution >= 4 is 33.7 Å². The highest BCUT2D eigenvalue weighted by Crippen LogP contribution is 2.21. The summed E-state index contributed by atoms with van der Waals surface area (Å²) in [4.78, 5) is 42.1. The summed E-state index contributed by atoms with van der Waals surface area (Å²) in [5.74, 6) is -0.642. The molecule has 2 rings (SSSR count). The van der Waals surface area contributed by atoms with Crippen molar-refractivity contribution in [1.82, 2.24) is 15.2 Å². The number of amides is 2. The minimum absolute atomic E-state index is 0.161. The number of rotatable bonds is 4. The lowest BCUT2D eigenvalue weighted by Crippen LogP contribution is -2.48. The molecule has 0 spiro atoms. The van der Waals surface area contributed by atoms with Crippen LogP contribution in [-0.2, 0) is 9.53 Å². The fourth-order valence-electron chi connectivity index (χ4n) is 2.49. The molecule has 0 aromatic carbocycles. The average Bonchev–Trinajstić information content (AvgIpc) is 3.01. The van der Waals surface area contributed by atoms with Gasteiger partial charge in [-0.1, -0.05) is 0 Å².